The minimum atomic E-state index is -2.81. The molecule has 1 fully saturated rings. The number of halogens is 3. The standard InChI is InChI=1S/C24H29F3O/c1-3-4-5-6-17-8-10-18(11-9-17)21-14-12-19(15-28-21)20-13-7-16(2)23(25)22(20)24(26)27/h7-11,13,19,21,24H,3-6,12,14-15H2,1-2H3. The van der Waals surface area contributed by atoms with Gasteiger partial charge in [-0.3, -0.25) is 0 Å². The molecule has 4 heteroatoms. The van der Waals surface area contributed by atoms with E-state index in [1.807, 2.05) is 0 Å². The van der Waals surface area contributed by atoms with Crippen LogP contribution in [0.2, 0.25) is 0 Å². The highest BCUT2D eigenvalue weighted by atomic mass is 19.3. The van der Waals surface area contributed by atoms with Crippen molar-refractivity contribution >= 4 is 0 Å². The summed E-state index contributed by atoms with van der Waals surface area (Å²) >= 11 is 0. The van der Waals surface area contributed by atoms with Crippen molar-refractivity contribution in [1.29, 1.82) is 0 Å². The van der Waals surface area contributed by atoms with E-state index in [9.17, 15) is 13.2 Å². The highest BCUT2D eigenvalue weighted by Crippen LogP contribution is 2.40. The summed E-state index contributed by atoms with van der Waals surface area (Å²) < 4.78 is 47.1. The van der Waals surface area contributed by atoms with Crippen molar-refractivity contribution in [2.45, 2.75) is 70.8 Å². The molecule has 0 saturated carbocycles. The molecule has 2 aromatic rings. The first-order valence-corrected chi connectivity index (χ1v) is 10.3. The first-order valence-electron chi connectivity index (χ1n) is 10.3. The van der Waals surface area contributed by atoms with E-state index in [1.54, 1.807) is 12.1 Å². The maximum absolute atomic E-state index is 14.2. The topological polar surface area (TPSA) is 9.23 Å². The Hall–Kier alpha value is -1.81. The number of hydrogen-bond acceptors (Lipinski definition) is 1. The van der Waals surface area contributed by atoms with Crippen molar-refractivity contribution in [3.05, 3.63) is 70.0 Å². The van der Waals surface area contributed by atoms with E-state index in [2.05, 4.69) is 31.2 Å². The van der Waals surface area contributed by atoms with Gasteiger partial charge in [-0.05, 0) is 54.9 Å². The van der Waals surface area contributed by atoms with E-state index >= 15 is 0 Å². The van der Waals surface area contributed by atoms with Gasteiger partial charge in [-0.1, -0.05) is 56.2 Å². The van der Waals surface area contributed by atoms with Crippen LogP contribution in [0.4, 0.5) is 13.2 Å². The van der Waals surface area contributed by atoms with Gasteiger partial charge in [0, 0.05) is 5.92 Å². The number of aryl methyl sites for hydroxylation is 2. The molecule has 1 aliphatic heterocycles. The minimum absolute atomic E-state index is 0.0220. The van der Waals surface area contributed by atoms with E-state index in [1.165, 1.54) is 31.7 Å². The zero-order valence-corrected chi connectivity index (χ0v) is 16.7. The van der Waals surface area contributed by atoms with Gasteiger partial charge in [0.05, 0.1) is 18.3 Å². The smallest absolute Gasteiger partial charge is 0.266 e. The zero-order chi connectivity index (χ0) is 20.1. The Morgan fingerprint density at radius 1 is 1.04 bits per heavy atom. The van der Waals surface area contributed by atoms with Crippen LogP contribution in [0.15, 0.2) is 36.4 Å². The molecule has 152 valence electrons. The molecule has 0 bridgehead atoms. The molecule has 1 saturated heterocycles. The third-order valence-electron chi connectivity index (χ3n) is 5.76. The second-order valence-corrected chi connectivity index (χ2v) is 7.79. The van der Waals surface area contributed by atoms with Crippen molar-refractivity contribution in [1.82, 2.24) is 0 Å². The SMILES string of the molecule is CCCCCc1ccc(C2CCC(c3ccc(C)c(F)c3C(F)F)CO2)cc1. The van der Waals surface area contributed by atoms with Gasteiger partial charge in [0.15, 0.2) is 0 Å². The average molecular weight is 390 g/mol. The summed E-state index contributed by atoms with van der Waals surface area (Å²) in [7, 11) is 0. The Bertz CT molecular complexity index is 762. The van der Waals surface area contributed by atoms with Gasteiger partial charge in [-0.15, -0.1) is 0 Å². The van der Waals surface area contributed by atoms with Crippen molar-refractivity contribution < 1.29 is 17.9 Å². The van der Waals surface area contributed by atoms with Crippen LogP contribution < -0.4 is 0 Å². The summed E-state index contributed by atoms with van der Waals surface area (Å²) in [6, 6.07) is 11.8. The van der Waals surface area contributed by atoms with E-state index in [0.717, 1.165) is 18.4 Å². The first kappa shape index (κ1) is 20.9. The van der Waals surface area contributed by atoms with Crippen LogP contribution in [0.3, 0.4) is 0 Å². The third-order valence-corrected chi connectivity index (χ3v) is 5.76. The van der Waals surface area contributed by atoms with Crippen molar-refractivity contribution in [2.75, 3.05) is 6.61 Å². The summed E-state index contributed by atoms with van der Waals surface area (Å²) in [6.45, 7) is 4.06. The monoisotopic (exact) mass is 390 g/mol. The highest BCUT2D eigenvalue weighted by molar-refractivity contribution is 5.37. The lowest BCUT2D eigenvalue weighted by Gasteiger charge is -2.31. The molecule has 0 aromatic heterocycles. The molecular formula is C24H29F3O. The summed E-state index contributed by atoms with van der Waals surface area (Å²) in [5.74, 6) is -0.975. The maximum Gasteiger partial charge on any atom is 0.266 e. The fourth-order valence-electron chi connectivity index (χ4n) is 4.03. The number of hydrogen-bond donors (Lipinski definition) is 0. The van der Waals surface area contributed by atoms with Crippen LogP contribution in [-0.4, -0.2) is 6.61 Å². The summed E-state index contributed by atoms with van der Waals surface area (Å²) in [4.78, 5) is 0. The normalized spacial score (nSPS) is 19.9. The van der Waals surface area contributed by atoms with Crippen LogP contribution in [-0.2, 0) is 11.2 Å². The second kappa shape index (κ2) is 9.60. The van der Waals surface area contributed by atoms with Gasteiger partial charge in [0.25, 0.3) is 6.43 Å². The first-order chi connectivity index (χ1) is 13.5. The lowest BCUT2D eigenvalue weighted by molar-refractivity contribution is 0.00150. The molecule has 0 amide bonds. The Labute approximate surface area is 165 Å². The maximum atomic E-state index is 14.2. The van der Waals surface area contributed by atoms with Crippen LogP contribution in [0.25, 0.3) is 0 Å². The number of benzene rings is 2. The van der Waals surface area contributed by atoms with Crippen LogP contribution in [0.5, 0.6) is 0 Å². The number of rotatable bonds is 7. The largest absolute Gasteiger partial charge is 0.373 e. The Morgan fingerprint density at radius 2 is 1.79 bits per heavy atom. The molecule has 2 aromatic carbocycles. The summed E-state index contributed by atoms with van der Waals surface area (Å²) in [5, 5.41) is 0. The molecular weight excluding hydrogens is 361 g/mol. The fourth-order valence-corrected chi connectivity index (χ4v) is 4.03. The summed E-state index contributed by atoms with van der Waals surface area (Å²) in [6.07, 6.45) is 3.39. The second-order valence-electron chi connectivity index (χ2n) is 7.79. The zero-order valence-electron chi connectivity index (χ0n) is 16.7. The fraction of sp³-hybridized carbons (Fsp3) is 0.500. The number of alkyl halides is 2. The average Bonchev–Trinajstić information content (AvgIpc) is 2.70. The number of ether oxygens (including phenoxy) is 1. The molecule has 3 rings (SSSR count). The minimum Gasteiger partial charge on any atom is -0.373 e. The van der Waals surface area contributed by atoms with Gasteiger partial charge >= 0.3 is 0 Å². The van der Waals surface area contributed by atoms with Crippen molar-refractivity contribution in [3.8, 4) is 0 Å². The van der Waals surface area contributed by atoms with Crippen LogP contribution in [0, 0.1) is 12.7 Å². The molecule has 0 N–H and O–H groups in total. The predicted octanol–water partition coefficient (Wildman–Crippen LogP) is 7.44. The van der Waals surface area contributed by atoms with Crippen molar-refractivity contribution in [3.63, 3.8) is 0 Å². The van der Waals surface area contributed by atoms with Gasteiger partial charge in [0.2, 0.25) is 0 Å². The Morgan fingerprint density at radius 3 is 2.39 bits per heavy atom. The Balaban J connectivity index is 1.64. The van der Waals surface area contributed by atoms with E-state index < -0.39 is 17.8 Å². The molecule has 28 heavy (non-hydrogen) atoms. The van der Waals surface area contributed by atoms with Gasteiger partial charge in [-0.25, -0.2) is 13.2 Å². The third kappa shape index (κ3) is 4.78. The molecule has 2 unspecified atom stereocenters. The van der Waals surface area contributed by atoms with Crippen molar-refractivity contribution in [2.24, 2.45) is 0 Å². The van der Waals surface area contributed by atoms with E-state index in [0.29, 0.717) is 18.6 Å². The van der Waals surface area contributed by atoms with Gasteiger partial charge in [0.1, 0.15) is 5.82 Å². The Kier molecular flexibility index (Phi) is 7.17. The highest BCUT2D eigenvalue weighted by Gasteiger charge is 2.29. The lowest BCUT2D eigenvalue weighted by atomic mass is 9.86. The quantitative estimate of drug-likeness (QED) is 0.446. The van der Waals surface area contributed by atoms with Gasteiger partial charge < -0.3 is 4.74 Å². The molecule has 1 aliphatic rings. The van der Waals surface area contributed by atoms with E-state index in [-0.39, 0.29) is 17.6 Å². The number of unbranched alkanes of at least 4 members (excludes halogenated alkanes) is 2. The van der Waals surface area contributed by atoms with Crippen LogP contribution >= 0.6 is 0 Å². The summed E-state index contributed by atoms with van der Waals surface area (Å²) in [5.41, 5.74) is 2.66. The molecule has 0 spiro atoms. The predicted molar refractivity (Wildman–Crippen MR) is 106 cm³/mol. The lowest BCUT2D eigenvalue weighted by Crippen LogP contribution is -2.21. The molecule has 1 nitrogen and oxygen atoms in total. The molecule has 2 atom stereocenters. The van der Waals surface area contributed by atoms with E-state index in [4.69, 9.17) is 4.74 Å². The molecule has 1 heterocycles. The molecule has 0 radical (unpaired) electrons. The van der Waals surface area contributed by atoms with Crippen LogP contribution in [0.1, 0.15) is 85.3 Å². The molecule has 0 aliphatic carbocycles. The van der Waals surface area contributed by atoms with Gasteiger partial charge in [-0.2, -0.15) is 0 Å².